The Morgan fingerprint density at radius 2 is 2.03 bits per heavy atom. The van der Waals surface area contributed by atoms with Crippen molar-refractivity contribution >= 4 is 16.7 Å². The normalized spacial score (nSPS) is 14.9. The fourth-order valence-electron chi connectivity index (χ4n) is 3.56. The van der Waals surface area contributed by atoms with E-state index in [4.69, 9.17) is 9.47 Å². The molecule has 4 heterocycles. The van der Waals surface area contributed by atoms with E-state index in [0.717, 1.165) is 47.7 Å². The van der Waals surface area contributed by atoms with Crippen molar-refractivity contribution in [2.24, 2.45) is 0 Å². The SMILES string of the molecule is COc1ccc(OC2CCN(c3nc4cnn(CO)c(=O)c4cc3C)CC2)cn1. The van der Waals surface area contributed by atoms with E-state index in [1.165, 1.54) is 6.20 Å². The average Bonchev–Trinajstić information content (AvgIpc) is 2.75. The van der Waals surface area contributed by atoms with Crippen LogP contribution in [0, 0.1) is 6.92 Å². The molecule has 0 unspecified atom stereocenters. The van der Waals surface area contributed by atoms with Crippen LogP contribution >= 0.6 is 0 Å². The minimum absolute atomic E-state index is 0.112. The summed E-state index contributed by atoms with van der Waals surface area (Å²) in [6.07, 6.45) is 5.01. The number of fused-ring (bicyclic) bond motifs is 1. The largest absolute Gasteiger partial charge is 0.489 e. The van der Waals surface area contributed by atoms with E-state index in [0.29, 0.717) is 16.8 Å². The van der Waals surface area contributed by atoms with Gasteiger partial charge < -0.3 is 19.5 Å². The number of aliphatic hydroxyl groups excluding tert-OH is 1. The molecule has 29 heavy (non-hydrogen) atoms. The van der Waals surface area contributed by atoms with Gasteiger partial charge in [0.2, 0.25) is 5.88 Å². The predicted octanol–water partition coefficient (Wildman–Crippen LogP) is 1.50. The first kappa shape index (κ1) is 19.1. The lowest BCUT2D eigenvalue weighted by molar-refractivity contribution is 0.170. The zero-order valence-corrected chi connectivity index (χ0v) is 16.4. The molecule has 9 heteroatoms. The van der Waals surface area contributed by atoms with Crippen molar-refractivity contribution in [3.05, 3.63) is 46.5 Å². The Labute approximate surface area is 167 Å². The van der Waals surface area contributed by atoms with Crippen molar-refractivity contribution in [3.63, 3.8) is 0 Å². The number of piperidine rings is 1. The molecule has 4 rings (SSSR count). The van der Waals surface area contributed by atoms with Crippen molar-refractivity contribution in [1.29, 1.82) is 0 Å². The molecule has 0 amide bonds. The van der Waals surface area contributed by atoms with Gasteiger partial charge in [-0.3, -0.25) is 4.79 Å². The second-order valence-electron chi connectivity index (χ2n) is 6.99. The highest BCUT2D eigenvalue weighted by Gasteiger charge is 2.23. The smallest absolute Gasteiger partial charge is 0.278 e. The summed E-state index contributed by atoms with van der Waals surface area (Å²) in [5.41, 5.74) is 1.11. The average molecular weight is 397 g/mol. The van der Waals surface area contributed by atoms with Crippen molar-refractivity contribution in [2.45, 2.75) is 32.6 Å². The number of hydrogen-bond acceptors (Lipinski definition) is 8. The van der Waals surface area contributed by atoms with Gasteiger partial charge in [-0.2, -0.15) is 5.10 Å². The van der Waals surface area contributed by atoms with Gasteiger partial charge in [-0.1, -0.05) is 0 Å². The number of hydrogen-bond donors (Lipinski definition) is 1. The minimum atomic E-state index is -0.452. The van der Waals surface area contributed by atoms with Crippen LogP contribution in [0.1, 0.15) is 18.4 Å². The molecule has 1 aliphatic rings. The molecule has 1 N–H and O–H groups in total. The summed E-state index contributed by atoms with van der Waals surface area (Å²) < 4.78 is 12.1. The number of aromatic nitrogens is 4. The molecule has 0 saturated carbocycles. The van der Waals surface area contributed by atoms with Crippen molar-refractivity contribution in [1.82, 2.24) is 19.7 Å². The van der Waals surface area contributed by atoms with Gasteiger partial charge in [0.1, 0.15) is 24.4 Å². The summed E-state index contributed by atoms with van der Waals surface area (Å²) >= 11 is 0. The van der Waals surface area contributed by atoms with Crippen LogP contribution in [0.15, 0.2) is 35.4 Å². The summed E-state index contributed by atoms with van der Waals surface area (Å²) in [5, 5.41) is 13.6. The van der Waals surface area contributed by atoms with Crippen LogP contribution < -0.4 is 19.9 Å². The second kappa shape index (κ2) is 8.04. The summed E-state index contributed by atoms with van der Waals surface area (Å²) in [6.45, 7) is 3.09. The molecule has 1 saturated heterocycles. The lowest BCUT2D eigenvalue weighted by atomic mass is 10.1. The van der Waals surface area contributed by atoms with Gasteiger partial charge >= 0.3 is 0 Å². The summed E-state index contributed by atoms with van der Waals surface area (Å²) in [7, 11) is 1.58. The molecule has 152 valence electrons. The van der Waals surface area contributed by atoms with Gasteiger partial charge in [-0.15, -0.1) is 0 Å². The lowest BCUT2D eigenvalue weighted by Gasteiger charge is -2.33. The first-order chi connectivity index (χ1) is 14.1. The molecule has 0 bridgehead atoms. The lowest BCUT2D eigenvalue weighted by Crippen LogP contribution is -2.39. The Hall–Kier alpha value is -3.20. The Bertz CT molecular complexity index is 1060. The van der Waals surface area contributed by atoms with Gasteiger partial charge in [0.05, 0.1) is 30.4 Å². The van der Waals surface area contributed by atoms with Crippen molar-refractivity contribution < 1.29 is 14.6 Å². The molecule has 0 aliphatic carbocycles. The molecule has 3 aromatic heterocycles. The van der Waals surface area contributed by atoms with Crippen LogP contribution in [0.3, 0.4) is 0 Å². The van der Waals surface area contributed by atoms with Crippen LogP contribution in [-0.2, 0) is 6.73 Å². The third-order valence-electron chi connectivity index (χ3n) is 5.10. The van der Waals surface area contributed by atoms with E-state index in [1.54, 1.807) is 19.4 Å². The highest BCUT2D eigenvalue weighted by atomic mass is 16.5. The van der Waals surface area contributed by atoms with E-state index in [2.05, 4.69) is 20.0 Å². The maximum Gasteiger partial charge on any atom is 0.278 e. The van der Waals surface area contributed by atoms with E-state index >= 15 is 0 Å². The number of rotatable bonds is 5. The topological polar surface area (TPSA) is 103 Å². The van der Waals surface area contributed by atoms with Crippen LogP contribution in [0.5, 0.6) is 11.6 Å². The van der Waals surface area contributed by atoms with E-state index < -0.39 is 6.73 Å². The molecule has 0 atom stereocenters. The number of pyridine rings is 2. The number of nitrogens with zero attached hydrogens (tertiary/aromatic N) is 5. The van der Waals surface area contributed by atoms with Gasteiger partial charge in [-0.25, -0.2) is 14.6 Å². The van der Waals surface area contributed by atoms with Crippen molar-refractivity contribution in [3.8, 4) is 11.6 Å². The molecule has 1 aliphatic heterocycles. The van der Waals surface area contributed by atoms with Gasteiger partial charge in [0.15, 0.2) is 0 Å². The minimum Gasteiger partial charge on any atom is -0.489 e. The highest BCUT2D eigenvalue weighted by molar-refractivity contribution is 5.80. The molecule has 9 nitrogen and oxygen atoms in total. The zero-order chi connectivity index (χ0) is 20.4. The quantitative estimate of drug-likeness (QED) is 0.691. The van der Waals surface area contributed by atoms with Gasteiger partial charge in [0.25, 0.3) is 5.56 Å². The van der Waals surface area contributed by atoms with Crippen LogP contribution in [0.4, 0.5) is 5.82 Å². The van der Waals surface area contributed by atoms with Gasteiger partial charge in [0, 0.05) is 32.0 Å². The first-order valence-electron chi connectivity index (χ1n) is 9.49. The third-order valence-corrected chi connectivity index (χ3v) is 5.10. The Morgan fingerprint density at radius 1 is 1.24 bits per heavy atom. The number of ether oxygens (including phenoxy) is 2. The van der Waals surface area contributed by atoms with Crippen LogP contribution in [-0.4, -0.2) is 51.2 Å². The fraction of sp³-hybridized carbons (Fsp3) is 0.400. The Balaban J connectivity index is 1.47. The van der Waals surface area contributed by atoms with Gasteiger partial charge in [-0.05, 0) is 24.6 Å². The summed E-state index contributed by atoms with van der Waals surface area (Å²) in [5.74, 6) is 2.14. The Kier molecular flexibility index (Phi) is 5.30. The molecule has 1 fully saturated rings. The third kappa shape index (κ3) is 3.86. The van der Waals surface area contributed by atoms with Crippen LogP contribution in [0.25, 0.3) is 10.9 Å². The highest BCUT2D eigenvalue weighted by Crippen LogP contribution is 2.26. The number of methoxy groups -OCH3 is 1. The van der Waals surface area contributed by atoms with Crippen molar-refractivity contribution in [2.75, 3.05) is 25.1 Å². The molecular formula is C20H23N5O4. The monoisotopic (exact) mass is 397 g/mol. The van der Waals surface area contributed by atoms with Crippen LogP contribution in [0.2, 0.25) is 0 Å². The number of aryl methyl sites for hydroxylation is 1. The van der Waals surface area contributed by atoms with E-state index in [1.807, 2.05) is 19.1 Å². The maximum atomic E-state index is 12.3. The van der Waals surface area contributed by atoms with E-state index in [-0.39, 0.29) is 11.7 Å². The molecule has 0 aromatic carbocycles. The molecule has 3 aromatic rings. The summed E-state index contributed by atoms with van der Waals surface area (Å²) in [6, 6.07) is 5.46. The predicted molar refractivity (Wildman–Crippen MR) is 107 cm³/mol. The first-order valence-corrected chi connectivity index (χ1v) is 9.49. The molecule has 0 spiro atoms. The second-order valence-corrected chi connectivity index (χ2v) is 6.99. The number of anilines is 1. The molecular weight excluding hydrogens is 374 g/mol. The maximum absolute atomic E-state index is 12.3. The fourth-order valence-corrected chi connectivity index (χ4v) is 3.56. The number of aliphatic hydroxyl groups is 1. The van der Waals surface area contributed by atoms with E-state index in [9.17, 15) is 9.90 Å². The molecule has 0 radical (unpaired) electrons. The standard InChI is InChI=1S/C20H23N5O4/c1-13-9-16-17(11-22-25(12-26)20(16)27)23-19(13)24-7-5-14(6-8-24)29-15-3-4-18(28-2)21-10-15/h3-4,9-11,14,26H,5-8,12H2,1-2H3. The Morgan fingerprint density at radius 3 is 2.69 bits per heavy atom. The summed E-state index contributed by atoms with van der Waals surface area (Å²) in [4.78, 5) is 23.4. The zero-order valence-electron chi connectivity index (χ0n) is 16.4.